The Kier molecular flexibility index (Phi) is 4.30. The monoisotopic (exact) mass is 237 g/mol. The molecular weight excluding hydrogens is 218 g/mol. The van der Waals surface area contributed by atoms with Crippen molar-refractivity contribution in [3.63, 3.8) is 0 Å². The Hall–Kier alpha value is -1.89. The molecule has 0 bridgehead atoms. The normalized spacial score (nSPS) is 15.2. The molecule has 1 nitrogen and oxygen atoms in total. The lowest BCUT2D eigenvalue weighted by Gasteiger charge is -2.20. The Morgan fingerprint density at radius 1 is 1.06 bits per heavy atom. The lowest BCUT2D eigenvalue weighted by Crippen LogP contribution is -2.11. The summed E-state index contributed by atoms with van der Waals surface area (Å²) >= 11 is 0. The Bertz CT molecular complexity index is 492. The lowest BCUT2D eigenvalue weighted by molar-refractivity contribution is 0.977. The number of nitrogens with zero attached hydrogens (tertiary/aromatic N) is 1. The van der Waals surface area contributed by atoms with Gasteiger partial charge in [-0.2, -0.15) is 0 Å². The summed E-state index contributed by atoms with van der Waals surface area (Å²) in [6.07, 6.45) is 6.64. The first-order valence-electron chi connectivity index (χ1n) is 6.39. The third-order valence-electron chi connectivity index (χ3n) is 3.19. The highest BCUT2D eigenvalue weighted by Crippen LogP contribution is 2.29. The first-order chi connectivity index (χ1) is 8.86. The molecule has 0 fully saturated rings. The largest absolute Gasteiger partial charge is 0.289 e. The molecule has 0 amide bonds. The maximum atomic E-state index is 4.63. The van der Waals surface area contributed by atoms with Crippen LogP contribution in [0.1, 0.15) is 24.8 Å². The minimum Gasteiger partial charge on any atom is -0.289 e. The Balaban J connectivity index is 2.45. The van der Waals surface area contributed by atoms with Gasteiger partial charge < -0.3 is 0 Å². The van der Waals surface area contributed by atoms with Gasteiger partial charge in [0.05, 0.1) is 0 Å². The maximum Gasteiger partial charge on any atom is 0.0433 e. The fourth-order valence-electron chi connectivity index (χ4n) is 2.39. The van der Waals surface area contributed by atoms with Gasteiger partial charge in [0.15, 0.2) is 0 Å². The minimum atomic E-state index is 0.847. The highest BCUT2D eigenvalue weighted by atomic mass is 14.7. The average molecular weight is 237 g/mol. The molecule has 0 saturated carbocycles. The Labute approximate surface area is 109 Å². The van der Waals surface area contributed by atoms with Crippen LogP contribution in [0.4, 0.5) is 0 Å². The van der Waals surface area contributed by atoms with E-state index in [2.05, 4.69) is 48.5 Å². The van der Waals surface area contributed by atoms with E-state index in [1.54, 1.807) is 0 Å². The molecule has 1 aliphatic heterocycles. The number of hydrogen-bond acceptors (Lipinski definition) is 1. The van der Waals surface area contributed by atoms with Gasteiger partial charge in [-0.1, -0.05) is 42.5 Å². The van der Waals surface area contributed by atoms with Crippen LogP contribution in [0.15, 0.2) is 66.2 Å². The van der Waals surface area contributed by atoms with Crippen molar-refractivity contribution in [2.45, 2.75) is 19.3 Å². The fraction of sp³-hybridized carbons (Fsp3) is 0.235. The average Bonchev–Trinajstić information content (AvgIpc) is 2.42. The van der Waals surface area contributed by atoms with Gasteiger partial charge in [0.2, 0.25) is 0 Å². The molecule has 0 saturated heterocycles. The summed E-state index contributed by atoms with van der Waals surface area (Å²) < 4.78 is 0. The second kappa shape index (κ2) is 6.15. The summed E-state index contributed by atoms with van der Waals surface area (Å²) in [5.74, 6) is 0. The van der Waals surface area contributed by atoms with E-state index in [-0.39, 0.29) is 0 Å². The van der Waals surface area contributed by atoms with Gasteiger partial charge in [-0.05, 0) is 29.6 Å². The van der Waals surface area contributed by atoms with Gasteiger partial charge in [-0.25, -0.2) is 0 Å². The first-order valence-corrected chi connectivity index (χ1v) is 6.39. The highest BCUT2D eigenvalue weighted by Gasteiger charge is 2.16. The van der Waals surface area contributed by atoms with Gasteiger partial charge in [-0.3, -0.25) is 4.99 Å². The van der Waals surface area contributed by atoms with Crippen LogP contribution in [-0.4, -0.2) is 12.3 Å². The van der Waals surface area contributed by atoms with Gasteiger partial charge in [0, 0.05) is 18.7 Å². The van der Waals surface area contributed by atoms with Gasteiger partial charge in [-0.15, -0.1) is 13.2 Å². The molecule has 0 aromatic heterocycles. The van der Waals surface area contributed by atoms with Crippen LogP contribution < -0.4 is 0 Å². The number of allylic oxidation sites excluding steroid dienone is 3. The van der Waals surface area contributed by atoms with Crippen molar-refractivity contribution in [3.8, 4) is 0 Å². The summed E-state index contributed by atoms with van der Waals surface area (Å²) in [4.78, 5) is 4.63. The number of aliphatic imine (C=N–C) groups is 1. The molecule has 1 aromatic rings. The van der Waals surface area contributed by atoms with Crippen molar-refractivity contribution in [1.82, 2.24) is 0 Å². The zero-order valence-electron chi connectivity index (χ0n) is 10.7. The quantitative estimate of drug-likeness (QED) is 0.671. The van der Waals surface area contributed by atoms with Crippen molar-refractivity contribution < 1.29 is 0 Å². The molecule has 1 heteroatoms. The molecule has 0 radical (unpaired) electrons. The smallest absolute Gasteiger partial charge is 0.0433 e. The SMILES string of the molecule is C=CCC1=NCCC(c2ccccc2)=C1CC=C. The molecule has 0 N–H and O–H groups in total. The van der Waals surface area contributed by atoms with E-state index in [1.165, 1.54) is 22.4 Å². The number of hydrogen-bond donors (Lipinski definition) is 0. The van der Waals surface area contributed by atoms with Crippen molar-refractivity contribution in [3.05, 3.63) is 66.8 Å². The van der Waals surface area contributed by atoms with Crippen molar-refractivity contribution in [2.75, 3.05) is 6.54 Å². The summed E-state index contributed by atoms with van der Waals surface area (Å²) in [6.45, 7) is 8.56. The lowest BCUT2D eigenvalue weighted by atomic mass is 9.89. The second-order valence-corrected chi connectivity index (χ2v) is 4.39. The number of rotatable bonds is 5. The molecule has 0 atom stereocenters. The van der Waals surface area contributed by atoms with E-state index in [0.717, 1.165) is 25.8 Å². The molecule has 2 rings (SSSR count). The standard InChI is InChI=1S/C17H19N/c1-3-8-16-15(14-10-6-5-7-11-14)12-13-18-17(16)9-4-2/h3-7,10-11H,1-2,8-9,12-13H2. The highest BCUT2D eigenvalue weighted by molar-refractivity contribution is 6.08. The van der Waals surface area contributed by atoms with Gasteiger partial charge >= 0.3 is 0 Å². The van der Waals surface area contributed by atoms with E-state index in [4.69, 9.17) is 0 Å². The number of benzene rings is 1. The van der Waals surface area contributed by atoms with Crippen LogP contribution in [0.3, 0.4) is 0 Å². The van der Waals surface area contributed by atoms with Crippen molar-refractivity contribution in [1.29, 1.82) is 0 Å². The molecule has 18 heavy (non-hydrogen) atoms. The second-order valence-electron chi connectivity index (χ2n) is 4.39. The van der Waals surface area contributed by atoms with Crippen molar-refractivity contribution >= 4 is 11.3 Å². The molecule has 1 aromatic carbocycles. The first kappa shape index (κ1) is 12.6. The van der Waals surface area contributed by atoms with E-state index in [0.29, 0.717) is 0 Å². The van der Waals surface area contributed by atoms with Gasteiger partial charge in [0.1, 0.15) is 0 Å². The van der Waals surface area contributed by atoms with Crippen LogP contribution in [0.5, 0.6) is 0 Å². The molecule has 0 spiro atoms. The van der Waals surface area contributed by atoms with E-state index in [9.17, 15) is 0 Å². The zero-order chi connectivity index (χ0) is 12.8. The van der Waals surface area contributed by atoms with E-state index >= 15 is 0 Å². The van der Waals surface area contributed by atoms with Crippen LogP contribution in [0.2, 0.25) is 0 Å². The summed E-state index contributed by atoms with van der Waals surface area (Å²) in [7, 11) is 0. The minimum absolute atomic E-state index is 0.847. The van der Waals surface area contributed by atoms with E-state index in [1.807, 2.05) is 12.2 Å². The summed E-state index contributed by atoms with van der Waals surface area (Å²) in [5.41, 5.74) is 5.24. The molecule has 1 aliphatic rings. The predicted octanol–water partition coefficient (Wildman–Crippen LogP) is 4.44. The fourth-order valence-corrected chi connectivity index (χ4v) is 2.39. The topological polar surface area (TPSA) is 12.4 Å². The van der Waals surface area contributed by atoms with Crippen LogP contribution in [0, 0.1) is 0 Å². The molecule has 92 valence electrons. The zero-order valence-corrected chi connectivity index (χ0v) is 10.7. The van der Waals surface area contributed by atoms with E-state index < -0.39 is 0 Å². The van der Waals surface area contributed by atoms with Crippen LogP contribution in [-0.2, 0) is 0 Å². The van der Waals surface area contributed by atoms with Gasteiger partial charge in [0.25, 0.3) is 0 Å². The van der Waals surface area contributed by atoms with Crippen molar-refractivity contribution in [2.24, 2.45) is 4.99 Å². The Morgan fingerprint density at radius 3 is 2.44 bits per heavy atom. The van der Waals surface area contributed by atoms with Crippen LogP contribution >= 0.6 is 0 Å². The third kappa shape index (κ3) is 2.67. The van der Waals surface area contributed by atoms with Crippen LogP contribution in [0.25, 0.3) is 5.57 Å². The Morgan fingerprint density at radius 2 is 1.78 bits per heavy atom. The molecular formula is C17H19N. The predicted molar refractivity (Wildman–Crippen MR) is 79.9 cm³/mol. The molecule has 0 unspecified atom stereocenters. The summed E-state index contributed by atoms with van der Waals surface area (Å²) in [6, 6.07) is 10.6. The third-order valence-corrected chi connectivity index (χ3v) is 3.19. The molecule has 1 heterocycles. The number of dihydropyridines is 1. The molecule has 0 aliphatic carbocycles. The maximum absolute atomic E-state index is 4.63. The summed E-state index contributed by atoms with van der Waals surface area (Å²) in [5, 5.41) is 0.